The summed E-state index contributed by atoms with van der Waals surface area (Å²) in [5.41, 5.74) is 1.76. The van der Waals surface area contributed by atoms with Crippen LogP contribution < -0.4 is 9.47 Å². The first kappa shape index (κ1) is 14.8. The summed E-state index contributed by atoms with van der Waals surface area (Å²) < 4.78 is 10.5. The molecule has 2 nitrogen and oxygen atoms in total. The standard InChI is InChI=1S/C16H14Cl2O2/c1-19-14-6-8-16(20-2)12(10-14)4-3-11-9-13(17)5-7-15(11)18/h3-10H,1-2H3/b4-3+. The zero-order chi connectivity index (χ0) is 14.5. The molecule has 0 bridgehead atoms. The van der Waals surface area contributed by atoms with E-state index in [0.29, 0.717) is 10.0 Å². The van der Waals surface area contributed by atoms with Gasteiger partial charge in [-0.25, -0.2) is 0 Å². The average molecular weight is 309 g/mol. The van der Waals surface area contributed by atoms with Crippen LogP contribution >= 0.6 is 23.2 Å². The van der Waals surface area contributed by atoms with Crippen molar-refractivity contribution in [3.63, 3.8) is 0 Å². The fourth-order valence-corrected chi connectivity index (χ4v) is 2.15. The van der Waals surface area contributed by atoms with E-state index >= 15 is 0 Å². The van der Waals surface area contributed by atoms with Crippen LogP contribution in [0.5, 0.6) is 11.5 Å². The van der Waals surface area contributed by atoms with Gasteiger partial charge < -0.3 is 9.47 Å². The smallest absolute Gasteiger partial charge is 0.126 e. The molecule has 0 amide bonds. The Kier molecular flexibility index (Phi) is 4.94. The van der Waals surface area contributed by atoms with Gasteiger partial charge in [-0.05, 0) is 42.0 Å². The first-order chi connectivity index (χ1) is 9.63. The number of halogens is 2. The van der Waals surface area contributed by atoms with Crippen molar-refractivity contribution < 1.29 is 9.47 Å². The van der Waals surface area contributed by atoms with Gasteiger partial charge in [-0.2, -0.15) is 0 Å². The van der Waals surface area contributed by atoms with Crippen molar-refractivity contribution in [1.29, 1.82) is 0 Å². The largest absolute Gasteiger partial charge is 0.497 e. The highest BCUT2D eigenvalue weighted by molar-refractivity contribution is 6.34. The molecule has 0 unspecified atom stereocenters. The van der Waals surface area contributed by atoms with E-state index < -0.39 is 0 Å². The minimum Gasteiger partial charge on any atom is -0.497 e. The molecule has 0 saturated carbocycles. The average Bonchev–Trinajstić information content (AvgIpc) is 2.47. The Bertz CT molecular complexity index is 636. The SMILES string of the molecule is COc1ccc(OC)c(/C=C/c2cc(Cl)ccc2Cl)c1. The van der Waals surface area contributed by atoms with Crippen molar-refractivity contribution in [1.82, 2.24) is 0 Å². The minimum absolute atomic E-state index is 0.645. The van der Waals surface area contributed by atoms with Gasteiger partial charge in [-0.1, -0.05) is 35.4 Å². The summed E-state index contributed by atoms with van der Waals surface area (Å²) in [4.78, 5) is 0. The van der Waals surface area contributed by atoms with Gasteiger partial charge in [0.15, 0.2) is 0 Å². The van der Waals surface area contributed by atoms with Crippen LogP contribution in [0.1, 0.15) is 11.1 Å². The van der Waals surface area contributed by atoms with Gasteiger partial charge in [0.2, 0.25) is 0 Å². The summed E-state index contributed by atoms with van der Waals surface area (Å²) in [7, 11) is 3.26. The van der Waals surface area contributed by atoms with E-state index in [9.17, 15) is 0 Å². The molecule has 20 heavy (non-hydrogen) atoms. The second kappa shape index (κ2) is 6.69. The summed E-state index contributed by atoms with van der Waals surface area (Å²) in [5, 5.41) is 1.29. The topological polar surface area (TPSA) is 18.5 Å². The summed E-state index contributed by atoms with van der Waals surface area (Å²) in [6.45, 7) is 0. The lowest BCUT2D eigenvalue weighted by Gasteiger charge is -2.07. The van der Waals surface area contributed by atoms with Crippen LogP contribution in [0.2, 0.25) is 10.0 Å². The van der Waals surface area contributed by atoms with Crippen molar-refractivity contribution >= 4 is 35.4 Å². The summed E-state index contributed by atoms with van der Waals surface area (Å²) >= 11 is 12.1. The molecule has 104 valence electrons. The molecule has 0 radical (unpaired) electrons. The third-order valence-electron chi connectivity index (χ3n) is 2.84. The highest BCUT2D eigenvalue weighted by Crippen LogP contribution is 2.27. The highest BCUT2D eigenvalue weighted by Gasteiger charge is 2.03. The Hall–Kier alpha value is -1.64. The van der Waals surface area contributed by atoms with Crippen molar-refractivity contribution in [2.75, 3.05) is 14.2 Å². The maximum absolute atomic E-state index is 6.13. The van der Waals surface area contributed by atoms with Crippen LogP contribution in [0, 0.1) is 0 Å². The van der Waals surface area contributed by atoms with E-state index in [1.807, 2.05) is 36.4 Å². The number of methoxy groups -OCH3 is 2. The monoisotopic (exact) mass is 308 g/mol. The molecule has 2 rings (SSSR count). The predicted octanol–water partition coefficient (Wildman–Crippen LogP) is 5.18. The van der Waals surface area contributed by atoms with Crippen LogP contribution in [0.4, 0.5) is 0 Å². The molecule has 2 aromatic carbocycles. The quantitative estimate of drug-likeness (QED) is 0.724. The lowest BCUT2D eigenvalue weighted by Crippen LogP contribution is -1.89. The molecule has 0 saturated heterocycles. The molecule has 0 aliphatic rings. The van der Waals surface area contributed by atoms with Crippen LogP contribution in [0.3, 0.4) is 0 Å². The highest BCUT2D eigenvalue weighted by atomic mass is 35.5. The first-order valence-electron chi connectivity index (χ1n) is 5.99. The van der Waals surface area contributed by atoms with Crippen molar-refractivity contribution in [2.24, 2.45) is 0 Å². The van der Waals surface area contributed by atoms with E-state index in [4.69, 9.17) is 32.7 Å². The summed E-state index contributed by atoms with van der Waals surface area (Å²) in [6, 6.07) is 10.9. The number of hydrogen-bond donors (Lipinski definition) is 0. The fraction of sp³-hybridized carbons (Fsp3) is 0.125. The second-order valence-electron chi connectivity index (χ2n) is 4.11. The van der Waals surface area contributed by atoms with Crippen LogP contribution in [0.15, 0.2) is 36.4 Å². The van der Waals surface area contributed by atoms with Gasteiger partial charge in [0, 0.05) is 15.6 Å². The molecule has 0 fully saturated rings. The Labute approximate surface area is 128 Å². The molecule has 0 heterocycles. The Morgan fingerprint density at radius 1 is 0.850 bits per heavy atom. The first-order valence-corrected chi connectivity index (χ1v) is 6.75. The lowest BCUT2D eigenvalue weighted by atomic mass is 10.1. The predicted molar refractivity (Wildman–Crippen MR) is 84.9 cm³/mol. The van der Waals surface area contributed by atoms with Crippen LogP contribution in [-0.2, 0) is 0 Å². The third kappa shape index (κ3) is 3.47. The van der Waals surface area contributed by atoms with Gasteiger partial charge in [0.25, 0.3) is 0 Å². The number of ether oxygens (including phenoxy) is 2. The number of hydrogen-bond acceptors (Lipinski definition) is 2. The molecular formula is C16H14Cl2O2. The summed E-state index contributed by atoms with van der Waals surface area (Å²) in [6.07, 6.45) is 3.81. The zero-order valence-corrected chi connectivity index (χ0v) is 12.7. The van der Waals surface area contributed by atoms with E-state index in [-0.39, 0.29) is 0 Å². The number of benzene rings is 2. The molecule has 0 N–H and O–H groups in total. The van der Waals surface area contributed by atoms with Crippen molar-refractivity contribution in [3.8, 4) is 11.5 Å². The molecular weight excluding hydrogens is 295 g/mol. The van der Waals surface area contributed by atoms with Gasteiger partial charge in [0.1, 0.15) is 11.5 Å². The van der Waals surface area contributed by atoms with Crippen molar-refractivity contribution in [3.05, 3.63) is 57.6 Å². The van der Waals surface area contributed by atoms with Crippen molar-refractivity contribution in [2.45, 2.75) is 0 Å². The second-order valence-corrected chi connectivity index (χ2v) is 4.95. The summed E-state index contributed by atoms with van der Waals surface area (Å²) in [5.74, 6) is 1.53. The maximum Gasteiger partial charge on any atom is 0.126 e. The molecule has 0 spiro atoms. The van der Waals surface area contributed by atoms with Gasteiger partial charge in [0.05, 0.1) is 14.2 Å². The van der Waals surface area contributed by atoms with Gasteiger partial charge >= 0.3 is 0 Å². The van der Waals surface area contributed by atoms with E-state index in [0.717, 1.165) is 22.6 Å². The van der Waals surface area contributed by atoms with E-state index in [1.54, 1.807) is 26.4 Å². The zero-order valence-electron chi connectivity index (χ0n) is 11.2. The minimum atomic E-state index is 0.645. The Morgan fingerprint density at radius 2 is 1.60 bits per heavy atom. The van der Waals surface area contributed by atoms with Gasteiger partial charge in [-0.15, -0.1) is 0 Å². The fourth-order valence-electron chi connectivity index (χ4n) is 1.79. The van der Waals surface area contributed by atoms with Crippen LogP contribution in [-0.4, -0.2) is 14.2 Å². The normalized spacial score (nSPS) is 10.8. The number of rotatable bonds is 4. The molecule has 0 aromatic heterocycles. The maximum atomic E-state index is 6.13. The lowest BCUT2D eigenvalue weighted by molar-refractivity contribution is 0.402. The molecule has 0 atom stereocenters. The molecule has 0 aliphatic heterocycles. The molecule has 0 aliphatic carbocycles. The molecule has 4 heteroatoms. The Balaban J connectivity index is 2.37. The van der Waals surface area contributed by atoms with E-state index in [2.05, 4.69) is 0 Å². The molecule has 2 aromatic rings. The van der Waals surface area contributed by atoms with Crippen LogP contribution in [0.25, 0.3) is 12.2 Å². The Morgan fingerprint density at radius 3 is 2.30 bits per heavy atom. The van der Waals surface area contributed by atoms with Gasteiger partial charge in [-0.3, -0.25) is 0 Å². The van der Waals surface area contributed by atoms with E-state index in [1.165, 1.54) is 0 Å². The third-order valence-corrected chi connectivity index (χ3v) is 3.42.